The van der Waals surface area contributed by atoms with Crippen molar-refractivity contribution in [1.82, 2.24) is 9.55 Å². The molecule has 0 spiro atoms. The highest BCUT2D eigenvalue weighted by Gasteiger charge is 2.21. The van der Waals surface area contributed by atoms with Crippen LogP contribution in [-0.4, -0.2) is 20.6 Å². The molecule has 0 amide bonds. The maximum Gasteiger partial charge on any atom is 0.201 e. The van der Waals surface area contributed by atoms with Crippen LogP contribution in [0.15, 0.2) is 12.1 Å². The zero-order valence-electron chi connectivity index (χ0n) is 10.5. The zero-order valence-corrected chi connectivity index (χ0v) is 11.3. The molecule has 0 saturated heterocycles. The van der Waals surface area contributed by atoms with Gasteiger partial charge in [0.1, 0.15) is 11.3 Å². The molecule has 2 rings (SSSR count). The van der Waals surface area contributed by atoms with Gasteiger partial charge in [-0.05, 0) is 20.1 Å². The van der Waals surface area contributed by atoms with Crippen LogP contribution >= 0.6 is 11.8 Å². The average Bonchev–Trinajstić information content (AvgIpc) is 2.57. The summed E-state index contributed by atoms with van der Waals surface area (Å²) >= 11 is 1.66. The number of hydrogen-bond acceptors (Lipinski definition) is 3. The van der Waals surface area contributed by atoms with Gasteiger partial charge < -0.3 is 10.3 Å². The van der Waals surface area contributed by atoms with E-state index < -0.39 is 11.6 Å². The minimum absolute atomic E-state index is 0.0927. The summed E-state index contributed by atoms with van der Waals surface area (Å²) in [6, 6.07) is 2.08. The highest BCUT2D eigenvalue weighted by atomic mass is 32.2. The Morgan fingerprint density at radius 3 is 2.67 bits per heavy atom. The second-order valence-corrected chi connectivity index (χ2v) is 6.29. The van der Waals surface area contributed by atoms with Crippen LogP contribution in [0, 0.1) is 11.6 Å². The van der Waals surface area contributed by atoms with E-state index in [1.165, 1.54) is 6.07 Å². The van der Waals surface area contributed by atoms with Gasteiger partial charge in [0.2, 0.25) is 5.95 Å². The molecule has 0 bridgehead atoms. The summed E-state index contributed by atoms with van der Waals surface area (Å²) in [4.78, 5) is 3.96. The Balaban J connectivity index is 2.60. The third kappa shape index (κ3) is 2.29. The molecule has 2 aromatic rings. The number of benzene rings is 1. The van der Waals surface area contributed by atoms with Gasteiger partial charge in [-0.1, -0.05) is 0 Å². The van der Waals surface area contributed by atoms with E-state index in [2.05, 4.69) is 4.98 Å². The van der Waals surface area contributed by atoms with Crippen molar-refractivity contribution >= 4 is 28.7 Å². The summed E-state index contributed by atoms with van der Waals surface area (Å²) in [5, 5.41) is 0. The van der Waals surface area contributed by atoms with E-state index in [9.17, 15) is 8.78 Å². The van der Waals surface area contributed by atoms with Gasteiger partial charge in [0.25, 0.3) is 0 Å². The lowest BCUT2D eigenvalue weighted by atomic mass is 10.2. The Bertz CT molecular complexity index is 593. The highest BCUT2D eigenvalue weighted by Crippen LogP contribution is 2.28. The summed E-state index contributed by atoms with van der Waals surface area (Å²) in [5.41, 5.74) is 6.30. The fourth-order valence-corrected chi connectivity index (χ4v) is 2.04. The molecule has 1 aromatic heterocycles. The number of rotatable bonds is 3. The minimum atomic E-state index is -0.683. The summed E-state index contributed by atoms with van der Waals surface area (Å²) in [6.07, 6.45) is 1.98. The average molecular weight is 271 g/mol. The number of thioether (sulfide) groups is 1. The lowest BCUT2D eigenvalue weighted by Gasteiger charge is -2.23. The predicted octanol–water partition coefficient (Wildman–Crippen LogP) is 3.04. The zero-order chi connectivity index (χ0) is 13.5. The van der Waals surface area contributed by atoms with E-state index in [1.54, 1.807) is 16.3 Å². The molecule has 98 valence electrons. The van der Waals surface area contributed by atoms with Gasteiger partial charge in [0.05, 0.1) is 5.52 Å². The molecule has 2 N–H and O–H groups in total. The van der Waals surface area contributed by atoms with Gasteiger partial charge in [-0.3, -0.25) is 0 Å². The summed E-state index contributed by atoms with van der Waals surface area (Å²) < 4.78 is 28.4. The Kier molecular flexibility index (Phi) is 3.23. The molecule has 6 heteroatoms. The van der Waals surface area contributed by atoms with Gasteiger partial charge in [0.15, 0.2) is 5.82 Å². The molecule has 1 heterocycles. The number of aromatic nitrogens is 2. The van der Waals surface area contributed by atoms with Crippen LogP contribution < -0.4 is 5.73 Å². The highest BCUT2D eigenvalue weighted by molar-refractivity contribution is 7.99. The lowest BCUT2D eigenvalue weighted by molar-refractivity contribution is 0.577. The first-order valence-electron chi connectivity index (χ1n) is 5.50. The lowest BCUT2D eigenvalue weighted by Crippen LogP contribution is -2.23. The van der Waals surface area contributed by atoms with Crippen LogP contribution in [0.2, 0.25) is 0 Å². The molecular formula is C12H15F2N3S. The van der Waals surface area contributed by atoms with E-state index >= 15 is 0 Å². The van der Waals surface area contributed by atoms with Crippen LogP contribution in [0.1, 0.15) is 13.8 Å². The Morgan fingerprint density at radius 1 is 1.39 bits per heavy atom. The Morgan fingerprint density at radius 2 is 2.06 bits per heavy atom. The molecule has 18 heavy (non-hydrogen) atoms. The SMILES string of the molecule is CSC(C)(C)Cn1c(N)nc2c(F)cc(F)cc21. The van der Waals surface area contributed by atoms with Crippen LogP contribution in [0.25, 0.3) is 11.0 Å². The number of nitrogens with zero attached hydrogens (tertiary/aromatic N) is 2. The van der Waals surface area contributed by atoms with Crippen molar-refractivity contribution in [3.8, 4) is 0 Å². The van der Waals surface area contributed by atoms with Gasteiger partial charge in [-0.2, -0.15) is 11.8 Å². The van der Waals surface area contributed by atoms with Gasteiger partial charge in [-0.15, -0.1) is 0 Å². The standard InChI is InChI=1S/C12H15F2N3S/c1-12(2,18-3)6-17-9-5-7(13)4-8(14)10(9)16-11(17)15/h4-5H,6H2,1-3H3,(H2,15,16). The fourth-order valence-electron chi connectivity index (χ4n) is 1.78. The fraction of sp³-hybridized carbons (Fsp3) is 0.417. The number of halogens is 2. The molecule has 0 aliphatic rings. The van der Waals surface area contributed by atoms with E-state index in [0.29, 0.717) is 12.1 Å². The number of nitrogen functional groups attached to an aromatic ring is 1. The summed E-state index contributed by atoms with van der Waals surface area (Å²) in [7, 11) is 0. The van der Waals surface area contributed by atoms with Crippen molar-refractivity contribution < 1.29 is 8.78 Å². The van der Waals surface area contributed by atoms with Crippen molar-refractivity contribution in [2.75, 3.05) is 12.0 Å². The third-order valence-electron chi connectivity index (χ3n) is 2.89. The van der Waals surface area contributed by atoms with E-state index in [-0.39, 0.29) is 16.2 Å². The number of hydrogen-bond donors (Lipinski definition) is 1. The van der Waals surface area contributed by atoms with Crippen molar-refractivity contribution in [2.45, 2.75) is 25.1 Å². The normalized spacial score (nSPS) is 12.3. The van der Waals surface area contributed by atoms with Crippen LogP contribution in [0.5, 0.6) is 0 Å². The van der Waals surface area contributed by atoms with Crippen LogP contribution in [0.3, 0.4) is 0 Å². The van der Waals surface area contributed by atoms with Crippen molar-refractivity contribution in [3.05, 3.63) is 23.8 Å². The Hall–Kier alpha value is -1.30. The monoisotopic (exact) mass is 271 g/mol. The number of fused-ring (bicyclic) bond motifs is 1. The second kappa shape index (κ2) is 4.42. The number of anilines is 1. The van der Waals surface area contributed by atoms with Crippen molar-refractivity contribution in [3.63, 3.8) is 0 Å². The van der Waals surface area contributed by atoms with Gasteiger partial charge in [0, 0.05) is 23.4 Å². The predicted molar refractivity (Wildman–Crippen MR) is 71.7 cm³/mol. The first kappa shape index (κ1) is 13.1. The summed E-state index contributed by atoms with van der Waals surface area (Å²) in [6.45, 7) is 4.62. The molecule has 0 radical (unpaired) electrons. The molecule has 0 saturated carbocycles. The molecule has 0 unspecified atom stereocenters. The first-order valence-corrected chi connectivity index (χ1v) is 6.72. The molecular weight excluding hydrogens is 256 g/mol. The first-order chi connectivity index (χ1) is 8.34. The van der Waals surface area contributed by atoms with E-state index in [0.717, 1.165) is 6.07 Å². The molecule has 0 fully saturated rings. The molecule has 1 aromatic carbocycles. The molecule has 0 atom stereocenters. The maximum atomic E-state index is 13.6. The van der Waals surface area contributed by atoms with Crippen molar-refractivity contribution in [1.29, 1.82) is 0 Å². The van der Waals surface area contributed by atoms with Gasteiger partial charge in [-0.25, -0.2) is 13.8 Å². The minimum Gasteiger partial charge on any atom is -0.369 e. The molecule has 3 nitrogen and oxygen atoms in total. The van der Waals surface area contributed by atoms with E-state index in [1.807, 2.05) is 20.1 Å². The molecule has 0 aliphatic heterocycles. The largest absolute Gasteiger partial charge is 0.369 e. The van der Waals surface area contributed by atoms with Gasteiger partial charge >= 0.3 is 0 Å². The topological polar surface area (TPSA) is 43.8 Å². The number of nitrogens with two attached hydrogens (primary N) is 1. The number of imidazole rings is 1. The Labute approximate surface area is 108 Å². The maximum absolute atomic E-state index is 13.6. The second-order valence-electron chi connectivity index (χ2n) is 4.78. The molecule has 0 aliphatic carbocycles. The summed E-state index contributed by atoms with van der Waals surface area (Å²) in [5.74, 6) is -1.10. The van der Waals surface area contributed by atoms with Crippen LogP contribution in [-0.2, 0) is 6.54 Å². The van der Waals surface area contributed by atoms with Crippen molar-refractivity contribution in [2.24, 2.45) is 0 Å². The smallest absolute Gasteiger partial charge is 0.201 e. The van der Waals surface area contributed by atoms with Crippen LogP contribution in [0.4, 0.5) is 14.7 Å². The third-order valence-corrected chi connectivity index (χ3v) is 4.13. The van der Waals surface area contributed by atoms with E-state index in [4.69, 9.17) is 5.73 Å². The quantitative estimate of drug-likeness (QED) is 0.933.